The van der Waals surface area contributed by atoms with Gasteiger partial charge >= 0.3 is 0 Å². The summed E-state index contributed by atoms with van der Waals surface area (Å²) in [5.74, 6) is 0. The van der Waals surface area contributed by atoms with Crippen molar-refractivity contribution in [2.75, 3.05) is 0 Å². The van der Waals surface area contributed by atoms with Gasteiger partial charge in [0.2, 0.25) is 0 Å². The summed E-state index contributed by atoms with van der Waals surface area (Å²) in [6, 6.07) is 0. The van der Waals surface area contributed by atoms with E-state index in [-0.39, 0.29) is 29.8 Å². The first kappa shape index (κ1) is 13.3. The van der Waals surface area contributed by atoms with Gasteiger partial charge in [-0.1, -0.05) is 77.6 Å². The zero-order valence-electron chi connectivity index (χ0n) is 8.61. The van der Waals surface area contributed by atoms with Crippen LogP contribution in [0.25, 0.3) is 0 Å². The highest BCUT2D eigenvalue weighted by Crippen LogP contribution is 2.73. The summed E-state index contributed by atoms with van der Waals surface area (Å²) < 4.78 is 0.0458. The van der Waals surface area contributed by atoms with Crippen LogP contribution in [0.4, 0.5) is 0 Å². The van der Waals surface area contributed by atoms with Crippen LogP contribution in [-0.2, 0) is 0 Å². The summed E-state index contributed by atoms with van der Waals surface area (Å²) in [7, 11) is 0. The second kappa shape index (κ2) is 3.69. The number of aliphatic hydroxyl groups excluding tert-OH is 1. The molecule has 5 heteroatoms. The quantitative estimate of drug-likeness (QED) is 0.571. The van der Waals surface area contributed by atoms with Gasteiger partial charge in [0.25, 0.3) is 0 Å². The lowest BCUT2D eigenvalue weighted by Gasteiger charge is -2.46. The first-order chi connectivity index (χ1) is 6.71. The van der Waals surface area contributed by atoms with E-state index < -0.39 is 0 Å². The van der Waals surface area contributed by atoms with Gasteiger partial charge in [-0.3, -0.25) is 0 Å². The van der Waals surface area contributed by atoms with E-state index in [0.29, 0.717) is 0 Å². The highest BCUT2D eigenvalue weighted by molar-refractivity contribution is 9.24. The van der Waals surface area contributed by atoms with Crippen molar-refractivity contribution in [1.29, 1.82) is 0 Å². The molecule has 2 aliphatic rings. The minimum absolute atomic E-state index is 0.0515. The van der Waals surface area contributed by atoms with Crippen LogP contribution in [0.5, 0.6) is 0 Å². The summed E-state index contributed by atoms with van der Waals surface area (Å²) >= 11 is 14.9. The largest absolute Gasteiger partial charge is 0.391 e. The maximum Gasteiger partial charge on any atom is 0.0771 e. The third-order valence-electron chi connectivity index (χ3n) is 4.52. The predicted molar refractivity (Wildman–Crippen MR) is 77.5 cm³/mol. The van der Waals surface area contributed by atoms with Crippen molar-refractivity contribution in [2.24, 2.45) is 10.8 Å². The van der Waals surface area contributed by atoms with Crippen LogP contribution in [0, 0.1) is 10.8 Å². The molecule has 0 heterocycles. The molecule has 15 heavy (non-hydrogen) atoms. The minimum Gasteiger partial charge on any atom is -0.391 e. The summed E-state index contributed by atoms with van der Waals surface area (Å²) in [6.45, 7) is 4.31. The van der Waals surface area contributed by atoms with Gasteiger partial charge in [0, 0.05) is 15.7 Å². The maximum atomic E-state index is 10.5. The van der Waals surface area contributed by atoms with Gasteiger partial charge in [0.1, 0.15) is 0 Å². The smallest absolute Gasteiger partial charge is 0.0771 e. The molecule has 0 aromatic carbocycles. The average molecular weight is 470 g/mol. The Morgan fingerprint density at radius 1 is 1.27 bits per heavy atom. The van der Waals surface area contributed by atoms with Crippen LogP contribution in [0.15, 0.2) is 0 Å². The standard InChI is InChI=1S/C10H14Br4O/c1-8(2)6(15)10(14)4-3-9(8,5(10)11)7(12)13/h5-7,15H,3-4H2,1-2H3. The molecule has 2 rings (SSSR count). The van der Waals surface area contributed by atoms with Crippen molar-refractivity contribution in [1.82, 2.24) is 0 Å². The van der Waals surface area contributed by atoms with Gasteiger partial charge < -0.3 is 5.11 Å². The Hall–Kier alpha value is 1.88. The lowest BCUT2D eigenvalue weighted by atomic mass is 9.65. The second-order valence-electron chi connectivity index (χ2n) is 5.25. The SMILES string of the molecule is CC1(C)C(O)C2(Br)CCC1(C(Br)Br)C2Br. The zero-order chi connectivity index (χ0) is 11.6. The summed E-state index contributed by atoms with van der Waals surface area (Å²) in [5, 5.41) is 10.5. The number of aliphatic hydroxyl groups is 1. The molecular formula is C10H14Br4O. The van der Waals surface area contributed by atoms with Gasteiger partial charge in [-0.05, 0) is 12.8 Å². The molecule has 0 aromatic heterocycles. The third kappa shape index (κ3) is 1.33. The molecule has 2 aliphatic carbocycles. The van der Waals surface area contributed by atoms with Gasteiger partial charge in [-0.15, -0.1) is 0 Å². The molecule has 0 aromatic rings. The van der Waals surface area contributed by atoms with E-state index in [4.69, 9.17) is 0 Å². The van der Waals surface area contributed by atoms with E-state index in [1.807, 2.05) is 0 Å². The first-order valence-electron chi connectivity index (χ1n) is 5.00. The van der Waals surface area contributed by atoms with Crippen LogP contribution in [0.1, 0.15) is 26.7 Å². The molecule has 4 unspecified atom stereocenters. The van der Waals surface area contributed by atoms with Gasteiger partial charge in [0.15, 0.2) is 0 Å². The van der Waals surface area contributed by atoms with Crippen LogP contribution < -0.4 is 0 Å². The normalized spacial score (nSPS) is 52.8. The molecule has 2 bridgehead atoms. The predicted octanol–water partition coefficient (Wildman–Crippen LogP) is 4.18. The first-order valence-corrected chi connectivity index (χ1v) is 8.54. The van der Waals surface area contributed by atoms with Crippen molar-refractivity contribution < 1.29 is 5.11 Å². The zero-order valence-corrected chi connectivity index (χ0v) is 14.9. The molecule has 4 atom stereocenters. The monoisotopic (exact) mass is 466 g/mol. The lowest BCUT2D eigenvalue weighted by Crippen LogP contribution is -2.48. The average Bonchev–Trinajstić information content (AvgIpc) is 2.45. The minimum atomic E-state index is -0.319. The third-order valence-corrected chi connectivity index (χ3v) is 9.69. The van der Waals surface area contributed by atoms with E-state index in [0.717, 1.165) is 12.8 Å². The summed E-state index contributed by atoms with van der Waals surface area (Å²) in [6.07, 6.45) is 1.81. The molecule has 88 valence electrons. The molecule has 1 nitrogen and oxygen atoms in total. The number of hydrogen-bond acceptors (Lipinski definition) is 1. The second-order valence-corrected chi connectivity index (χ2v) is 10.7. The van der Waals surface area contributed by atoms with Gasteiger partial charge in [-0.2, -0.15) is 0 Å². The van der Waals surface area contributed by atoms with E-state index >= 15 is 0 Å². The van der Waals surface area contributed by atoms with E-state index in [1.54, 1.807) is 0 Å². The number of alkyl halides is 4. The van der Waals surface area contributed by atoms with E-state index in [9.17, 15) is 5.11 Å². The van der Waals surface area contributed by atoms with E-state index in [2.05, 4.69) is 77.6 Å². The fourth-order valence-electron chi connectivity index (χ4n) is 3.36. The number of fused-ring (bicyclic) bond motifs is 2. The van der Waals surface area contributed by atoms with Crippen molar-refractivity contribution in [3.05, 3.63) is 0 Å². The summed E-state index contributed by atoms with van der Waals surface area (Å²) in [4.78, 5) is 0.284. The molecule has 0 aliphatic heterocycles. The topological polar surface area (TPSA) is 20.2 Å². The molecule has 2 fully saturated rings. The van der Waals surface area contributed by atoms with Crippen LogP contribution in [0.2, 0.25) is 0 Å². The fourth-order valence-corrected chi connectivity index (χ4v) is 8.98. The van der Waals surface area contributed by atoms with Crippen LogP contribution >= 0.6 is 63.7 Å². The van der Waals surface area contributed by atoms with Crippen molar-refractivity contribution in [3.8, 4) is 0 Å². The summed E-state index contributed by atoms with van der Waals surface area (Å²) in [5.41, 5.74) is -0.0590. The Morgan fingerprint density at radius 2 is 1.80 bits per heavy atom. The fraction of sp³-hybridized carbons (Fsp3) is 1.00. The molecule has 0 radical (unpaired) electrons. The Morgan fingerprint density at radius 3 is 2.07 bits per heavy atom. The number of halogens is 4. The van der Waals surface area contributed by atoms with E-state index in [1.165, 1.54) is 0 Å². The van der Waals surface area contributed by atoms with Crippen molar-refractivity contribution in [3.63, 3.8) is 0 Å². The Kier molecular flexibility index (Phi) is 3.27. The van der Waals surface area contributed by atoms with Gasteiger partial charge in [0.05, 0.1) is 14.2 Å². The molecule has 0 spiro atoms. The molecule has 2 saturated carbocycles. The Balaban J connectivity index is 2.56. The number of rotatable bonds is 1. The van der Waals surface area contributed by atoms with Gasteiger partial charge in [-0.25, -0.2) is 0 Å². The number of hydrogen-bond donors (Lipinski definition) is 1. The molecule has 0 saturated heterocycles. The van der Waals surface area contributed by atoms with Crippen LogP contribution in [0.3, 0.4) is 0 Å². The molecule has 1 N–H and O–H groups in total. The van der Waals surface area contributed by atoms with Crippen molar-refractivity contribution >= 4 is 63.7 Å². The Bertz CT molecular complexity index is 293. The molecule has 0 amide bonds. The highest BCUT2D eigenvalue weighted by Gasteiger charge is 2.75. The highest BCUT2D eigenvalue weighted by atomic mass is 79.9. The van der Waals surface area contributed by atoms with Crippen LogP contribution in [-0.4, -0.2) is 24.1 Å². The Labute approximate surface area is 124 Å². The molecular weight excluding hydrogens is 456 g/mol. The van der Waals surface area contributed by atoms with Crippen molar-refractivity contribution in [2.45, 2.75) is 45.7 Å². The maximum absolute atomic E-state index is 10.5. The lowest BCUT2D eigenvalue weighted by molar-refractivity contribution is -0.0213.